The minimum atomic E-state index is -0.823. The zero-order valence-corrected chi connectivity index (χ0v) is 20.1. The van der Waals surface area contributed by atoms with Crippen LogP contribution in [-0.4, -0.2) is 47.1 Å². The van der Waals surface area contributed by atoms with Crippen LogP contribution in [0.3, 0.4) is 0 Å². The van der Waals surface area contributed by atoms with Crippen molar-refractivity contribution in [1.29, 1.82) is 0 Å². The fourth-order valence-electron chi connectivity index (χ4n) is 4.10. The number of rotatable bonds is 5. The lowest BCUT2D eigenvalue weighted by Gasteiger charge is -2.35. The van der Waals surface area contributed by atoms with Crippen LogP contribution in [0.2, 0.25) is 0 Å². The van der Waals surface area contributed by atoms with E-state index in [0.717, 1.165) is 18.4 Å². The molecule has 1 aromatic carbocycles. The summed E-state index contributed by atoms with van der Waals surface area (Å²) in [5.41, 5.74) is -0.339. The number of benzene rings is 1. The van der Waals surface area contributed by atoms with Crippen LogP contribution in [0.4, 0.5) is 4.79 Å². The van der Waals surface area contributed by atoms with Crippen molar-refractivity contribution in [2.75, 3.05) is 6.54 Å². The number of nitrogens with zero attached hydrogens (tertiary/aromatic N) is 1. The minimum absolute atomic E-state index is 0.000443. The zero-order chi connectivity index (χ0) is 23.7. The van der Waals surface area contributed by atoms with Crippen LogP contribution in [0.25, 0.3) is 0 Å². The minimum Gasteiger partial charge on any atom is -0.459 e. The lowest BCUT2D eigenvalue weighted by Crippen LogP contribution is -2.57. The number of esters is 1. The third kappa shape index (κ3) is 6.02. The Morgan fingerprint density at radius 2 is 1.72 bits per heavy atom. The van der Waals surface area contributed by atoms with Crippen molar-refractivity contribution in [2.24, 2.45) is 10.8 Å². The van der Waals surface area contributed by atoms with Gasteiger partial charge in [0.05, 0.1) is 0 Å². The van der Waals surface area contributed by atoms with Crippen molar-refractivity contribution in [1.82, 2.24) is 10.2 Å². The Labute approximate surface area is 190 Å². The molecule has 7 heteroatoms. The van der Waals surface area contributed by atoms with Gasteiger partial charge >= 0.3 is 12.1 Å². The predicted octanol–water partition coefficient (Wildman–Crippen LogP) is 4.05. The normalized spacial score (nSPS) is 20.6. The summed E-state index contributed by atoms with van der Waals surface area (Å²) < 4.78 is 11.0. The van der Waals surface area contributed by atoms with Crippen LogP contribution >= 0.6 is 0 Å². The van der Waals surface area contributed by atoms with Crippen LogP contribution in [0.5, 0.6) is 0 Å². The number of nitrogens with one attached hydrogen (secondary N) is 1. The van der Waals surface area contributed by atoms with E-state index in [1.54, 1.807) is 25.7 Å². The molecule has 2 atom stereocenters. The van der Waals surface area contributed by atoms with Crippen molar-refractivity contribution in [2.45, 2.75) is 85.1 Å². The molecule has 176 valence electrons. The molecule has 1 aromatic rings. The number of hydrogen-bond donors (Lipinski definition) is 1. The van der Waals surface area contributed by atoms with Crippen molar-refractivity contribution in [3.05, 3.63) is 35.9 Å². The van der Waals surface area contributed by atoms with Crippen LogP contribution in [-0.2, 0) is 25.7 Å². The van der Waals surface area contributed by atoms with Crippen molar-refractivity contribution >= 4 is 18.0 Å². The number of carbonyl (C=O) groups excluding carboxylic acids is 3. The smallest absolute Gasteiger partial charge is 0.408 e. The molecule has 1 heterocycles. The van der Waals surface area contributed by atoms with Gasteiger partial charge in [0.25, 0.3) is 0 Å². The van der Waals surface area contributed by atoms with Gasteiger partial charge in [-0.25, -0.2) is 9.59 Å². The average molecular weight is 445 g/mol. The molecule has 1 aliphatic carbocycles. The third-order valence-corrected chi connectivity index (χ3v) is 6.02. The number of alkyl carbamates (subject to hydrolysis) is 1. The summed E-state index contributed by atoms with van der Waals surface area (Å²) in [7, 11) is 0. The van der Waals surface area contributed by atoms with Gasteiger partial charge in [0.1, 0.15) is 24.3 Å². The molecule has 1 saturated carbocycles. The number of ether oxygens (including phenoxy) is 2. The highest BCUT2D eigenvalue weighted by Crippen LogP contribution is 2.55. The Morgan fingerprint density at radius 1 is 1.09 bits per heavy atom. The van der Waals surface area contributed by atoms with E-state index in [4.69, 9.17) is 9.47 Å². The summed E-state index contributed by atoms with van der Waals surface area (Å²) in [5.74, 6) is -0.662. The van der Waals surface area contributed by atoms with Gasteiger partial charge in [0, 0.05) is 6.54 Å². The van der Waals surface area contributed by atoms with Crippen molar-refractivity contribution in [3.63, 3.8) is 0 Å². The topological polar surface area (TPSA) is 84.9 Å². The molecule has 1 saturated heterocycles. The summed E-state index contributed by atoms with van der Waals surface area (Å²) in [4.78, 5) is 40.7. The van der Waals surface area contributed by atoms with E-state index in [2.05, 4.69) is 5.32 Å². The second-order valence-electron chi connectivity index (χ2n) is 11.2. The Morgan fingerprint density at radius 3 is 2.25 bits per heavy atom. The summed E-state index contributed by atoms with van der Waals surface area (Å²) in [6.45, 7) is 11.7. The maximum absolute atomic E-state index is 13.6. The lowest BCUT2D eigenvalue weighted by atomic mass is 9.85. The van der Waals surface area contributed by atoms with Crippen molar-refractivity contribution in [3.8, 4) is 0 Å². The number of likely N-dealkylation sites (tertiary alicyclic amines) is 1. The Kier molecular flexibility index (Phi) is 6.59. The molecular formula is C25H36N2O5. The van der Waals surface area contributed by atoms with E-state index in [1.807, 2.05) is 51.1 Å². The summed E-state index contributed by atoms with van der Waals surface area (Å²) in [5, 5.41) is 2.75. The maximum Gasteiger partial charge on any atom is 0.408 e. The second-order valence-corrected chi connectivity index (χ2v) is 11.2. The molecule has 1 aliphatic heterocycles. The SMILES string of the molecule is CC(C)(C)OC(=O)N[C@H](C(=O)N1CC2(CC2)C[C@H]1C(=O)OCc1ccccc1)C(C)(C)C. The molecule has 0 unspecified atom stereocenters. The quantitative estimate of drug-likeness (QED) is 0.693. The van der Waals surface area contributed by atoms with Gasteiger partial charge in [-0.2, -0.15) is 0 Å². The first-order valence-electron chi connectivity index (χ1n) is 11.3. The molecule has 3 rings (SSSR count). The van der Waals surface area contributed by atoms with E-state index < -0.39 is 35.2 Å². The standard InChI is InChI=1S/C25H36N2O5/c1-23(2,3)19(26-22(30)32-24(4,5)6)20(28)27-16-25(12-13-25)14-18(27)21(29)31-15-17-10-8-7-9-11-17/h7-11,18-19H,12-16H2,1-6H3,(H,26,30)/t18-,19+/m0/s1. The predicted molar refractivity (Wildman–Crippen MR) is 121 cm³/mol. The van der Waals surface area contributed by atoms with E-state index in [-0.39, 0.29) is 17.9 Å². The molecule has 0 aromatic heterocycles. The lowest BCUT2D eigenvalue weighted by molar-refractivity contribution is -0.155. The van der Waals surface area contributed by atoms with Gasteiger partial charge in [0.15, 0.2) is 0 Å². The molecule has 7 nitrogen and oxygen atoms in total. The van der Waals surface area contributed by atoms with E-state index in [1.165, 1.54) is 0 Å². The summed E-state index contributed by atoms with van der Waals surface area (Å²) >= 11 is 0. The van der Waals surface area contributed by atoms with Gasteiger partial charge in [-0.3, -0.25) is 4.79 Å². The molecule has 1 spiro atoms. The maximum atomic E-state index is 13.6. The molecule has 0 radical (unpaired) electrons. The molecule has 2 fully saturated rings. The fraction of sp³-hybridized carbons (Fsp3) is 0.640. The molecule has 1 N–H and O–H groups in total. The van der Waals surface area contributed by atoms with Crippen LogP contribution < -0.4 is 5.32 Å². The summed E-state index contributed by atoms with van der Waals surface area (Å²) in [6.07, 6.45) is 1.96. The van der Waals surface area contributed by atoms with Crippen molar-refractivity contribution < 1.29 is 23.9 Å². The highest BCUT2D eigenvalue weighted by atomic mass is 16.6. The number of hydrogen-bond acceptors (Lipinski definition) is 5. The molecule has 0 bridgehead atoms. The van der Waals surface area contributed by atoms with Gasteiger partial charge in [-0.15, -0.1) is 0 Å². The number of amides is 2. The van der Waals surface area contributed by atoms with E-state index in [0.29, 0.717) is 13.0 Å². The summed E-state index contributed by atoms with van der Waals surface area (Å²) in [6, 6.07) is 8.02. The molecule has 2 amide bonds. The van der Waals surface area contributed by atoms with E-state index in [9.17, 15) is 14.4 Å². The van der Waals surface area contributed by atoms with Crippen LogP contribution in [0.15, 0.2) is 30.3 Å². The first-order valence-corrected chi connectivity index (χ1v) is 11.3. The number of carbonyl (C=O) groups is 3. The van der Waals surface area contributed by atoms with Crippen LogP contribution in [0, 0.1) is 10.8 Å². The highest BCUT2D eigenvalue weighted by molar-refractivity contribution is 5.91. The molecule has 32 heavy (non-hydrogen) atoms. The second kappa shape index (κ2) is 8.75. The molecule has 2 aliphatic rings. The third-order valence-electron chi connectivity index (χ3n) is 6.02. The molecular weight excluding hydrogens is 408 g/mol. The highest BCUT2D eigenvalue weighted by Gasteiger charge is 2.57. The van der Waals surface area contributed by atoms with E-state index >= 15 is 0 Å². The van der Waals surface area contributed by atoms with Gasteiger partial charge in [-0.05, 0) is 56.4 Å². The Bertz CT molecular complexity index is 849. The zero-order valence-electron chi connectivity index (χ0n) is 20.1. The van der Waals surface area contributed by atoms with Gasteiger partial charge < -0.3 is 19.7 Å². The Balaban J connectivity index is 1.74. The largest absolute Gasteiger partial charge is 0.459 e. The van der Waals surface area contributed by atoms with Crippen LogP contribution in [0.1, 0.15) is 66.4 Å². The Hall–Kier alpha value is -2.57. The first-order chi connectivity index (χ1) is 14.8. The first kappa shape index (κ1) is 24.1. The average Bonchev–Trinajstić information content (AvgIpc) is 3.32. The van der Waals surface area contributed by atoms with Gasteiger partial charge in [-0.1, -0.05) is 51.1 Å². The fourth-order valence-corrected chi connectivity index (χ4v) is 4.10. The van der Waals surface area contributed by atoms with Gasteiger partial charge in [0.2, 0.25) is 5.91 Å². The monoisotopic (exact) mass is 444 g/mol.